The average molecular weight is 327 g/mol. The Morgan fingerprint density at radius 3 is 2.17 bits per heavy atom. The van der Waals surface area contributed by atoms with Crippen molar-refractivity contribution in [1.82, 2.24) is 5.32 Å². The Bertz CT molecular complexity index is 571. The van der Waals surface area contributed by atoms with Gasteiger partial charge in [0, 0.05) is 5.41 Å². The Balaban J connectivity index is 1.44. The molecule has 1 aromatic carbocycles. The Morgan fingerprint density at radius 1 is 1.12 bits per heavy atom. The van der Waals surface area contributed by atoms with E-state index in [-0.39, 0.29) is 11.5 Å². The highest BCUT2D eigenvalue weighted by Crippen LogP contribution is 2.60. The highest BCUT2D eigenvalue weighted by atomic mass is 16.5. The van der Waals surface area contributed by atoms with Crippen LogP contribution >= 0.6 is 0 Å². The van der Waals surface area contributed by atoms with Crippen LogP contribution in [0.2, 0.25) is 0 Å². The maximum atomic E-state index is 13.1. The number of rotatable bonds is 5. The molecule has 1 atom stereocenters. The van der Waals surface area contributed by atoms with E-state index in [0.29, 0.717) is 12.5 Å². The number of ether oxygens (including phenoxy) is 1. The van der Waals surface area contributed by atoms with Crippen LogP contribution in [0.3, 0.4) is 0 Å². The van der Waals surface area contributed by atoms with Gasteiger partial charge in [0.25, 0.3) is 0 Å². The molecular weight excluding hydrogens is 298 g/mol. The Labute approximate surface area is 145 Å². The Morgan fingerprint density at radius 2 is 1.67 bits per heavy atom. The molecule has 3 heteroatoms. The van der Waals surface area contributed by atoms with E-state index in [1.54, 1.807) is 0 Å². The van der Waals surface area contributed by atoms with Gasteiger partial charge < -0.3 is 10.1 Å². The number of nitrogens with one attached hydrogen (secondary N) is 1. The van der Waals surface area contributed by atoms with Crippen LogP contribution in [-0.4, -0.2) is 12.5 Å². The van der Waals surface area contributed by atoms with Gasteiger partial charge in [-0.1, -0.05) is 12.1 Å². The van der Waals surface area contributed by atoms with Gasteiger partial charge in [-0.3, -0.25) is 4.79 Å². The Kier molecular flexibility index (Phi) is 4.06. The number of hydrogen-bond donors (Lipinski definition) is 1. The molecule has 4 aliphatic rings. The fourth-order valence-electron chi connectivity index (χ4n) is 5.84. The minimum atomic E-state index is -0.0612. The molecule has 1 unspecified atom stereocenters. The predicted molar refractivity (Wildman–Crippen MR) is 94.8 cm³/mol. The van der Waals surface area contributed by atoms with Crippen LogP contribution in [-0.2, 0) is 4.79 Å². The van der Waals surface area contributed by atoms with Crippen LogP contribution in [0.15, 0.2) is 24.3 Å². The molecule has 1 amide bonds. The molecule has 4 fully saturated rings. The second-order valence-corrected chi connectivity index (χ2v) is 8.40. The van der Waals surface area contributed by atoms with Crippen LogP contribution in [0.4, 0.5) is 0 Å². The van der Waals surface area contributed by atoms with E-state index in [1.807, 2.05) is 19.1 Å². The molecule has 130 valence electrons. The van der Waals surface area contributed by atoms with E-state index in [1.165, 1.54) is 19.3 Å². The zero-order valence-electron chi connectivity index (χ0n) is 14.9. The van der Waals surface area contributed by atoms with Gasteiger partial charge in [-0.05, 0) is 87.8 Å². The van der Waals surface area contributed by atoms with E-state index < -0.39 is 0 Å². The lowest BCUT2D eigenvalue weighted by Gasteiger charge is -2.55. The standard InChI is InChI=1S/C21H29NO2/c1-3-24-19-6-4-18(5-7-19)14(2)22-20(23)21-11-15-8-16(12-21)10-17(9-15)13-21/h4-7,14-17H,3,8-13H2,1-2H3,(H,22,23). The maximum absolute atomic E-state index is 13.1. The van der Waals surface area contributed by atoms with Gasteiger partial charge in [-0.2, -0.15) is 0 Å². The van der Waals surface area contributed by atoms with Crippen molar-refractivity contribution in [3.8, 4) is 5.75 Å². The zero-order valence-corrected chi connectivity index (χ0v) is 14.9. The van der Waals surface area contributed by atoms with Gasteiger partial charge in [-0.25, -0.2) is 0 Å². The van der Waals surface area contributed by atoms with Crippen molar-refractivity contribution in [3.05, 3.63) is 29.8 Å². The van der Waals surface area contributed by atoms with Crippen LogP contribution in [0, 0.1) is 23.2 Å². The molecule has 0 spiro atoms. The number of carbonyl (C=O) groups is 1. The highest BCUT2D eigenvalue weighted by Gasteiger charge is 2.54. The van der Waals surface area contributed by atoms with Crippen LogP contribution in [0.5, 0.6) is 5.75 Å². The summed E-state index contributed by atoms with van der Waals surface area (Å²) in [5.41, 5.74) is 1.09. The summed E-state index contributed by atoms with van der Waals surface area (Å²) in [5.74, 6) is 3.62. The summed E-state index contributed by atoms with van der Waals surface area (Å²) in [5, 5.41) is 3.32. The number of benzene rings is 1. The molecule has 3 nitrogen and oxygen atoms in total. The van der Waals surface area contributed by atoms with Crippen molar-refractivity contribution in [1.29, 1.82) is 0 Å². The van der Waals surface area contributed by atoms with Crippen molar-refractivity contribution < 1.29 is 9.53 Å². The highest BCUT2D eigenvalue weighted by molar-refractivity contribution is 5.83. The first-order valence-electron chi connectivity index (χ1n) is 9.61. The second-order valence-electron chi connectivity index (χ2n) is 8.40. The monoisotopic (exact) mass is 327 g/mol. The normalized spacial score (nSPS) is 34.8. The molecule has 1 aromatic rings. The van der Waals surface area contributed by atoms with Crippen molar-refractivity contribution in [3.63, 3.8) is 0 Å². The third kappa shape index (κ3) is 2.82. The summed E-state index contributed by atoms with van der Waals surface area (Å²) >= 11 is 0. The lowest BCUT2D eigenvalue weighted by Crippen LogP contribution is -2.53. The molecule has 0 aromatic heterocycles. The minimum Gasteiger partial charge on any atom is -0.494 e. The van der Waals surface area contributed by atoms with E-state index in [0.717, 1.165) is 48.3 Å². The molecule has 0 aliphatic heterocycles. The van der Waals surface area contributed by atoms with E-state index >= 15 is 0 Å². The van der Waals surface area contributed by atoms with Gasteiger partial charge in [0.1, 0.15) is 5.75 Å². The average Bonchev–Trinajstić information content (AvgIpc) is 2.54. The molecule has 1 N–H and O–H groups in total. The summed E-state index contributed by atoms with van der Waals surface area (Å²) in [6, 6.07) is 8.17. The Hall–Kier alpha value is -1.51. The summed E-state index contributed by atoms with van der Waals surface area (Å²) in [6.07, 6.45) is 7.51. The molecule has 0 radical (unpaired) electrons. The molecule has 0 saturated heterocycles. The van der Waals surface area contributed by atoms with Crippen molar-refractivity contribution >= 4 is 5.91 Å². The van der Waals surface area contributed by atoms with Crippen LogP contribution in [0.1, 0.15) is 64.0 Å². The van der Waals surface area contributed by atoms with E-state index in [2.05, 4.69) is 24.4 Å². The third-order valence-electron chi connectivity index (χ3n) is 6.56. The number of carbonyl (C=O) groups excluding carboxylic acids is 1. The second kappa shape index (κ2) is 6.09. The largest absolute Gasteiger partial charge is 0.494 e. The summed E-state index contributed by atoms with van der Waals surface area (Å²) in [7, 11) is 0. The minimum absolute atomic E-state index is 0.0566. The zero-order chi connectivity index (χ0) is 16.7. The first-order valence-corrected chi connectivity index (χ1v) is 9.61. The molecule has 5 rings (SSSR count). The molecule has 4 bridgehead atoms. The summed E-state index contributed by atoms with van der Waals surface area (Å²) < 4.78 is 5.50. The van der Waals surface area contributed by atoms with Gasteiger partial charge >= 0.3 is 0 Å². The fourth-order valence-corrected chi connectivity index (χ4v) is 5.84. The third-order valence-corrected chi connectivity index (χ3v) is 6.56. The molecule has 0 heterocycles. The topological polar surface area (TPSA) is 38.3 Å². The lowest BCUT2D eigenvalue weighted by molar-refractivity contribution is -0.147. The van der Waals surface area contributed by atoms with E-state index in [9.17, 15) is 4.79 Å². The quantitative estimate of drug-likeness (QED) is 0.866. The van der Waals surface area contributed by atoms with Gasteiger partial charge in [0.2, 0.25) is 5.91 Å². The smallest absolute Gasteiger partial charge is 0.226 e. The fraction of sp³-hybridized carbons (Fsp3) is 0.667. The molecule has 24 heavy (non-hydrogen) atoms. The van der Waals surface area contributed by atoms with Gasteiger partial charge in [0.05, 0.1) is 12.6 Å². The first kappa shape index (κ1) is 16.0. The van der Waals surface area contributed by atoms with Crippen LogP contribution in [0.25, 0.3) is 0 Å². The van der Waals surface area contributed by atoms with Crippen molar-refractivity contribution in [2.24, 2.45) is 23.2 Å². The SMILES string of the molecule is CCOc1ccc(C(C)NC(=O)C23CC4CC(CC(C4)C2)C3)cc1. The molecule has 4 saturated carbocycles. The first-order chi connectivity index (χ1) is 11.6. The lowest BCUT2D eigenvalue weighted by atomic mass is 9.49. The summed E-state index contributed by atoms with van der Waals surface area (Å²) in [6.45, 7) is 4.76. The van der Waals surface area contributed by atoms with Crippen molar-refractivity contribution in [2.75, 3.05) is 6.61 Å². The van der Waals surface area contributed by atoms with Gasteiger partial charge in [-0.15, -0.1) is 0 Å². The van der Waals surface area contributed by atoms with Crippen LogP contribution < -0.4 is 10.1 Å². The number of hydrogen-bond acceptors (Lipinski definition) is 2. The predicted octanol–water partition coefficient (Wildman–Crippen LogP) is 4.48. The summed E-state index contributed by atoms with van der Waals surface area (Å²) in [4.78, 5) is 13.1. The van der Waals surface area contributed by atoms with Crippen molar-refractivity contribution in [2.45, 2.75) is 58.4 Å². The van der Waals surface area contributed by atoms with E-state index in [4.69, 9.17) is 4.74 Å². The van der Waals surface area contributed by atoms with Gasteiger partial charge in [0.15, 0.2) is 0 Å². The maximum Gasteiger partial charge on any atom is 0.226 e. The number of amides is 1. The molecular formula is C21H29NO2. The molecule has 4 aliphatic carbocycles.